The van der Waals surface area contributed by atoms with E-state index in [2.05, 4.69) is 12.2 Å². The van der Waals surface area contributed by atoms with Crippen LogP contribution in [-0.2, 0) is 4.79 Å². The summed E-state index contributed by atoms with van der Waals surface area (Å²) in [5.74, 6) is 0.0699. The Morgan fingerprint density at radius 1 is 1.16 bits per heavy atom. The number of nitrogen functional groups attached to an aromatic ring is 1. The van der Waals surface area contributed by atoms with Gasteiger partial charge in [0, 0.05) is 36.1 Å². The van der Waals surface area contributed by atoms with Crippen LogP contribution in [0.3, 0.4) is 0 Å². The normalized spacial score (nSPS) is 22.4. The van der Waals surface area contributed by atoms with E-state index in [1.165, 1.54) is 4.90 Å². The van der Waals surface area contributed by atoms with Crippen LogP contribution in [0.1, 0.15) is 56.3 Å². The van der Waals surface area contributed by atoms with Crippen molar-refractivity contribution in [2.75, 3.05) is 22.5 Å². The molecule has 4 rings (SSSR count). The van der Waals surface area contributed by atoms with Gasteiger partial charge in [0.15, 0.2) is 0 Å². The molecule has 2 amide bonds. The van der Waals surface area contributed by atoms with Crippen LogP contribution in [0.15, 0.2) is 54.6 Å². The lowest BCUT2D eigenvalue weighted by Gasteiger charge is -2.41. The van der Waals surface area contributed by atoms with Crippen LogP contribution >= 0.6 is 0 Å². The summed E-state index contributed by atoms with van der Waals surface area (Å²) in [6, 6.07) is 13.5. The molecule has 32 heavy (non-hydrogen) atoms. The zero-order valence-corrected chi connectivity index (χ0v) is 18.5. The first-order chi connectivity index (χ1) is 15.4. The third-order valence-electron chi connectivity index (χ3n) is 6.36. The van der Waals surface area contributed by atoms with Crippen molar-refractivity contribution >= 4 is 29.1 Å². The van der Waals surface area contributed by atoms with Crippen LogP contribution < -0.4 is 16.0 Å². The number of nitrogens with two attached hydrogens (primary N) is 1. The Labute approximate surface area is 188 Å². The number of hydrogen-bond donors (Lipinski definition) is 3. The number of nitrogens with zero attached hydrogens (tertiary/aromatic N) is 2. The summed E-state index contributed by atoms with van der Waals surface area (Å²) in [5, 5.41) is 13.3. The monoisotopic (exact) mass is 434 g/mol. The van der Waals surface area contributed by atoms with E-state index in [4.69, 9.17) is 5.73 Å². The second-order valence-electron chi connectivity index (χ2n) is 8.50. The van der Waals surface area contributed by atoms with Crippen molar-refractivity contribution in [3.63, 3.8) is 0 Å². The highest BCUT2D eigenvalue weighted by molar-refractivity contribution is 5.95. The van der Waals surface area contributed by atoms with Gasteiger partial charge in [0.2, 0.25) is 5.91 Å². The number of hydrogen-bond acceptors (Lipinski definition) is 4. The topological polar surface area (TPSA) is 98.9 Å². The van der Waals surface area contributed by atoms with Crippen LogP contribution in [0.5, 0.6) is 0 Å². The predicted molar refractivity (Wildman–Crippen MR) is 127 cm³/mol. The molecule has 2 heterocycles. The molecule has 7 heteroatoms. The van der Waals surface area contributed by atoms with E-state index in [1.54, 1.807) is 0 Å². The van der Waals surface area contributed by atoms with Crippen molar-refractivity contribution in [1.82, 2.24) is 4.90 Å². The van der Waals surface area contributed by atoms with E-state index in [1.807, 2.05) is 66.4 Å². The molecule has 0 radical (unpaired) electrons. The first-order valence-electron chi connectivity index (χ1n) is 11.1. The predicted octanol–water partition coefficient (Wildman–Crippen LogP) is 4.94. The number of fused-ring (bicyclic) bond motifs is 1. The van der Waals surface area contributed by atoms with E-state index in [-0.39, 0.29) is 24.0 Å². The van der Waals surface area contributed by atoms with Crippen LogP contribution in [0.4, 0.5) is 21.9 Å². The Morgan fingerprint density at radius 3 is 2.59 bits per heavy atom. The molecule has 2 aromatic rings. The van der Waals surface area contributed by atoms with Crippen molar-refractivity contribution in [2.24, 2.45) is 0 Å². The molecule has 0 fully saturated rings. The first-order valence-corrected chi connectivity index (χ1v) is 11.1. The smallest absolute Gasteiger partial charge is 0.408 e. The number of carbonyl (C=O) groups is 2. The molecule has 3 unspecified atom stereocenters. The van der Waals surface area contributed by atoms with Crippen LogP contribution in [0.2, 0.25) is 0 Å². The molecule has 0 spiro atoms. The zero-order valence-electron chi connectivity index (χ0n) is 18.5. The fraction of sp³-hybridized carbons (Fsp3) is 0.360. The molecule has 2 aliphatic heterocycles. The lowest BCUT2D eigenvalue weighted by atomic mass is 9.88. The van der Waals surface area contributed by atoms with Crippen molar-refractivity contribution in [2.45, 2.75) is 51.2 Å². The Balaban J connectivity index is 1.74. The fourth-order valence-corrected chi connectivity index (χ4v) is 4.75. The number of nitrogens with one attached hydrogen (secondary N) is 1. The molecular weight excluding hydrogens is 404 g/mol. The Bertz CT molecular complexity index is 1030. The van der Waals surface area contributed by atoms with Crippen molar-refractivity contribution in [3.8, 4) is 0 Å². The Morgan fingerprint density at radius 2 is 1.91 bits per heavy atom. The quantitative estimate of drug-likeness (QED) is 0.468. The highest BCUT2D eigenvalue weighted by atomic mass is 16.4. The average molecular weight is 435 g/mol. The van der Waals surface area contributed by atoms with E-state index in [0.29, 0.717) is 25.1 Å². The summed E-state index contributed by atoms with van der Waals surface area (Å²) in [6.45, 7) is 4.30. The van der Waals surface area contributed by atoms with Gasteiger partial charge in [0.05, 0.1) is 12.1 Å². The number of anilines is 3. The lowest BCUT2D eigenvalue weighted by Crippen LogP contribution is -2.44. The maximum absolute atomic E-state index is 12.9. The Kier molecular flexibility index (Phi) is 6.08. The van der Waals surface area contributed by atoms with E-state index in [9.17, 15) is 14.7 Å². The van der Waals surface area contributed by atoms with Crippen molar-refractivity contribution in [3.05, 3.63) is 65.7 Å². The highest BCUT2D eigenvalue weighted by Crippen LogP contribution is 2.42. The third kappa shape index (κ3) is 4.15. The summed E-state index contributed by atoms with van der Waals surface area (Å²) >= 11 is 0. The molecular formula is C25H30N4O3. The second-order valence-corrected chi connectivity index (χ2v) is 8.50. The summed E-state index contributed by atoms with van der Waals surface area (Å²) in [5.41, 5.74) is 10.3. The number of carboxylic acid groups (broad SMARTS) is 1. The van der Waals surface area contributed by atoms with Crippen molar-refractivity contribution < 1.29 is 14.7 Å². The maximum atomic E-state index is 12.9. The van der Waals surface area contributed by atoms with Crippen LogP contribution in [-0.4, -0.2) is 34.6 Å². The number of carbonyl (C=O) groups excluding carboxylic acids is 1. The van der Waals surface area contributed by atoms with Gasteiger partial charge in [0.25, 0.3) is 0 Å². The second kappa shape index (κ2) is 8.94. The molecule has 3 atom stereocenters. The number of benzene rings is 2. The van der Waals surface area contributed by atoms with Gasteiger partial charge >= 0.3 is 6.09 Å². The summed E-state index contributed by atoms with van der Waals surface area (Å²) in [6.07, 6.45) is 4.77. The standard InChI is InChI=1S/C25H30N4O3/c1-3-24(30)29-16(2)14-21(27-19-10-8-18(26)9-11-19)20-12-7-17(15-23(20)29)22-6-4-5-13-28(22)25(31)32/h4-5,7-12,15-16,21-22,27H,3,6,13-14,26H2,1-2H3,(H,31,32). The molecule has 0 saturated heterocycles. The third-order valence-corrected chi connectivity index (χ3v) is 6.36. The van der Waals surface area contributed by atoms with Crippen molar-refractivity contribution in [1.29, 1.82) is 0 Å². The lowest BCUT2D eigenvalue weighted by molar-refractivity contribution is -0.118. The fourth-order valence-electron chi connectivity index (χ4n) is 4.75. The van der Waals surface area contributed by atoms with Crippen LogP contribution in [0.25, 0.3) is 0 Å². The largest absolute Gasteiger partial charge is 0.465 e. The van der Waals surface area contributed by atoms with E-state index < -0.39 is 6.09 Å². The summed E-state index contributed by atoms with van der Waals surface area (Å²) < 4.78 is 0. The van der Waals surface area contributed by atoms with Crippen LogP contribution in [0, 0.1) is 0 Å². The highest BCUT2D eigenvalue weighted by Gasteiger charge is 2.35. The SMILES string of the molecule is CCC(=O)N1c2cc(C3CC=CCN3C(=O)O)ccc2C(Nc2ccc(N)cc2)CC1C. The van der Waals surface area contributed by atoms with Gasteiger partial charge in [-0.15, -0.1) is 0 Å². The molecule has 0 aliphatic carbocycles. The summed E-state index contributed by atoms with van der Waals surface area (Å²) in [4.78, 5) is 28.0. The average Bonchev–Trinajstić information content (AvgIpc) is 2.79. The Hall–Kier alpha value is -3.48. The molecule has 4 N–H and O–H groups in total. The molecule has 0 saturated carbocycles. The molecule has 168 valence electrons. The van der Waals surface area contributed by atoms with Gasteiger partial charge in [-0.25, -0.2) is 4.79 Å². The minimum atomic E-state index is -0.935. The van der Waals surface area contributed by atoms with Gasteiger partial charge in [-0.1, -0.05) is 31.2 Å². The summed E-state index contributed by atoms with van der Waals surface area (Å²) in [7, 11) is 0. The minimum absolute atomic E-state index is 0.0123. The van der Waals surface area contributed by atoms with Gasteiger partial charge < -0.3 is 21.1 Å². The maximum Gasteiger partial charge on any atom is 0.408 e. The number of rotatable bonds is 4. The molecule has 2 aliphatic rings. The van der Waals surface area contributed by atoms with E-state index >= 15 is 0 Å². The number of amides is 2. The zero-order chi connectivity index (χ0) is 22.8. The first kappa shape index (κ1) is 21.7. The molecule has 2 aromatic carbocycles. The van der Waals surface area contributed by atoms with E-state index in [0.717, 1.165) is 28.9 Å². The van der Waals surface area contributed by atoms with Gasteiger partial charge in [-0.3, -0.25) is 9.69 Å². The van der Waals surface area contributed by atoms with Gasteiger partial charge in [-0.05, 0) is 61.2 Å². The molecule has 7 nitrogen and oxygen atoms in total. The minimum Gasteiger partial charge on any atom is -0.465 e. The molecule has 0 bridgehead atoms. The molecule has 0 aromatic heterocycles. The van der Waals surface area contributed by atoms with Gasteiger partial charge in [0.1, 0.15) is 0 Å². The van der Waals surface area contributed by atoms with Gasteiger partial charge in [-0.2, -0.15) is 0 Å².